The molecule has 204 valence electrons. The number of aromatic nitrogens is 2. The van der Waals surface area contributed by atoms with Gasteiger partial charge < -0.3 is 19.9 Å². The summed E-state index contributed by atoms with van der Waals surface area (Å²) in [6.45, 7) is -0.670. The lowest BCUT2D eigenvalue weighted by atomic mass is 9.95. The molecule has 0 aliphatic carbocycles. The van der Waals surface area contributed by atoms with Crippen LogP contribution < -0.4 is 15.7 Å². The van der Waals surface area contributed by atoms with E-state index in [1.807, 2.05) is 0 Å². The summed E-state index contributed by atoms with van der Waals surface area (Å²) in [6.07, 6.45) is -4.87. The number of methoxy groups -OCH3 is 2. The van der Waals surface area contributed by atoms with Crippen molar-refractivity contribution in [3.8, 4) is 22.6 Å². The third-order valence-corrected chi connectivity index (χ3v) is 6.01. The number of carbonyl (C=O) groups is 2. The highest BCUT2D eigenvalue weighted by Gasteiger charge is 2.34. The van der Waals surface area contributed by atoms with E-state index in [1.165, 1.54) is 26.3 Å². The van der Waals surface area contributed by atoms with Gasteiger partial charge in [0.05, 0.1) is 36.4 Å². The van der Waals surface area contributed by atoms with Crippen LogP contribution in [0.5, 0.6) is 11.5 Å². The number of aromatic hydroxyl groups is 1. The highest BCUT2D eigenvalue weighted by atomic mass is 19.4. The Morgan fingerprint density at radius 1 is 1.03 bits per heavy atom. The first-order valence-electron chi connectivity index (χ1n) is 11.2. The number of halogens is 4. The largest absolute Gasteiger partial charge is 0.504 e. The zero-order valence-electron chi connectivity index (χ0n) is 20.7. The van der Waals surface area contributed by atoms with Crippen molar-refractivity contribution in [1.29, 1.82) is 0 Å². The van der Waals surface area contributed by atoms with E-state index in [2.05, 4.69) is 5.32 Å². The molecule has 0 saturated heterocycles. The van der Waals surface area contributed by atoms with Gasteiger partial charge in [-0.25, -0.2) is 14.0 Å². The summed E-state index contributed by atoms with van der Waals surface area (Å²) < 4.78 is 66.9. The van der Waals surface area contributed by atoms with Crippen molar-refractivity contribution in [3.05, 3.63) is 76.0 Å². The standard InChI is InChI=1S/C26H21F4N3O6/c1-32-23-17(16-11-21(38-2)20(34)10-18(16)24(36)39-3)8-13(26(28,29)30)9-19(23)33(25(32)37)12-22(35)31-15-6-4-14(27)5-7-15/h4-11,34H,12H2,1-3H3,(H,31,35). The van der Waals surface area contributed by atoms with Gasteiger partial charge in [-0.3, -0.25) is 13.9 Å². The van der Waals surface area contributed by atoms with Crippen molar-refractivity contribution in [2.45, 2.75) is 12.7 Å². The van der Waals surface area contributed by atoms with Crippen LogP contribution >= 0.6 is 0 Å². The van der Waals surface area contributed by atoms with Crippen LogP contribution in [0.4, 0.5) is 23.2 Å². The van der Waals surface area contributed by atoms with Crippen LogP contribution in [0.1, 0.15) is 15.9 Å². The Balaban J connectivity index is 1.97. The molecule has 1 heterocycles. The van der Waals surface area contributed by atoms with Gasteiger partial charge in [-0.05, 0) is 48.5 Å². The molecule has 39 heavy (non-hydrogen) atoms. The Hall–Kier alpha value is -4.81. The molecule has 0 spiro atoms. The highest BCUT2D eigenvalue weighted by molar-refractivity contribution is 6.04. The van der Waals surface area contributed by atoms with Crippen LogP contribution in [0.2, 0.25) is 0 Å². The molecular formula is C26H21F4N3O6. The summed E-state index contributed by atoms with van der Waals surface area (Å²) in [5.41, 5.74) is -2.64. The second-order valence-electron chi connectivity index (χ2n) is 8.43. The second-order valence-corrected chi connectivity index (χ2v) is 8.43. The molecule has 9 nitrogen and oxygen atoms in total. The number of imidazole rings is 1. The molecule has 3 aromatic carbocycles. The number of hydrogen-bond donors (Lipinski definition) is 2. The fourth-order valence-electron chi connectivity index (χ4n) is 4.19. The summed E-state index contributed by atoms with van der Waals surface area (Å²) >= 11 is 0. The number of fused-ring (bicyclic) bond motifs is 1. The number of alkyl halides is 3. The van der Waals surface area contributed by atoms with E-state index in [1.54, 1.807) is 0 Å². The summed E-state index contributed by atoms with van der Waals surface area (Å²) in [4.78, 5) is 38.4. The van der Waals surface area contributed by atoms with Gasteiger partial charge in [0.1, 0.15) is 12.4 Å². The fourth-order valence-corrected chi connectivity index (χ4v) is 4.19. The first-order valence-corrected chi connectivity index (χ1v) is 11.2. The molecule has 2 N–H and O–H groups in total. The first kappa shape index (κ1) is 27.2. The number of rotatable bonds is 6. The number of nitrogens with one attached hydrogen (secondary N) is 1. The molecule has 0 saturated carbocycles. The molecule has 0 unspecified atom stereocenters. The molecular weight excluding hydrogens is 526 g/mol. The number of phenols is 1. The van der Waals surface area contributed by atoms with Crippen LogP contribution in [0, 0.1) is 5.82 Å². The third-order valence-electron chi connectivity index (χ3n) is 6.01. The quantitative estimate of drug-likeness (QED) is 0.275. The Bertz CT molecular complexity index is 1660. The average molecular weight is 547 g/mol. The Kier molecular flexibility index (Phi) is 7.09. The lowest BCUT2D eigenvalue weighted by Crippen LogP contribution is -2.28. The van der Waals surface area contributed by atoms with Gasteiger partial charge in [0, 0.05) is 23.9 Å². The van der Waals surface area contributed by atoms with E-state index in [0.717, 1.165) is 52.6 Å². The second kappa shape index (κ2) is 10.2. The molecule has 0 fully saturated rings. The van der Waals surface area contributed by atoms with Crippen molar-refractivity contribution < 1.29 is 41.7 Å². The van der Waals surface area contributed by atoms with E-state index in [9.17, 15) is 37.1 Å². The van der Waals surface area contributed by atoms with Gasteiger partial charge in [-0.15, -0.1) is 0 Å². The number of carbonyl (C=O) groups excluding carboxylic acids is 2. The number of phenolic OH excluding ortho intramolecular Hbond substituents is 1. The smallest absolute Gasteiger partial charge is 0.416 e. The van der Waals surface area contributed by atoms with Crippen molar-refractivity contribution in [2.24, 2.45) is 7.05 Å². The van der Waals surface area contributed by atoms with Gasteiger partial charge in [0.25, 0.3) is 0 Å². The van der Waals surface area contributed by atoms with Crippen molar-refractivity contribution in [1.82, 2.24) is 9.13 Å². The monoisotopic (exact) mass is 547 g/mol. The van der Waals surface area contributed by atoms with Crippen molar-refractivity contribution in [3.63, 3.8) is 0 Å². The van der Waals surface area contributed by atoms with Crippen LogP contribution in [-0.2, 0) is 29.3 Å². The zero-order valence-corrected chi connectivity index (χ0v) is 20.7. The van der Waals surface area contributed by atoms with Gasteiger partial charge in [0.2, 0.25) is 5.91 Å². The predicted molar refractivity (Wildman–Crippen MR) is 132 cm³/mol. The molecule has 0 atom stereocenters. The minimum absolute atomic E-state index is 0.0273. The van der Waals surface area contributed by atoms with Crippen molar-refractivity contribution >= 4 is 28.6 Å². The Morgan fingerprint density at radius 3 is 2.28 bits per heavy atom. The van der Waals surface area contributed by atoms with E-state index in [0.29, 0.717) is 0 Å². The molecule has 0 aliphatic rings. The van der Waals surface area contributed by atoms with Crippen molar-refractivity contribution in [2.75, 3.05) is 19.5 Å². The first-order chi connectivity index (χ1) is 18.3. The number of amides is 1. The normalized spacial score (nSPS) is 11.5. The molecule has 1 amide bonds. The van der Waals surface area contributed by atoms with E-state index >= 15 is 0 Å². The van der Waals surface area contributed by atoms with Gasteiger partial charge in [0.15, 0.2) is 11.5 Å². The molecule has 1 aromatic heterocycles. The summed E-state index contributed by atoms with van der Waals surface area (Å²) in [6, 6.07) is 8.39. The third kappa shape index (κ3) is 5.15. The van der Waals surface area contributed by atoms with E-state index in [-0.39, 0.29) is 39.2 Å². The summed E-state index contributed by atoms with van der Waals surface area (Å²) in [5.74, 6) is -2.86. The van der Waals surface area contributed by atoms with Crippen LogP contribution in [-0.4, -0.2) is 40.3 Å². The topological polar surface area (TPSA) is 112 Å². The van der Waals surface area contributed by atoms with E-state index < -0.39 is 47.4 Å². The number of aryl methyl sites for hydroxylation is 1. The number of hydrogen-bond acceptors (Lipinski definition) is 6. The average Bonchev–Trinajstić information content (AvgIpc) is 3.13. The number of nitrogens with zero attached hydrogens (tertiary/aromatic N) is 2. The number of benzene rings is 3. The highest BCUT2D eigenvalue weighted by Crippen LogP contribution is 2.41. The van der Waals surface area contributed by atoms with Crippen LogP contribution in [0.3, 0.4) is 0 Å². The molecule has 0 aliphatic heterocycles. The zero-order chi connectivity index (χ0) is 28.6. The summed E-state index contributed by atoms with van der Waals surface area (Å²) in [5, 5.41) is 12.7. The maximum atomic E-state index is 14.0. The summed E-state index contributed by atoms with van der Waals surface area (Å²) in [7, 11) is 3.57. The van der Waals surface area contributed by atoms with Gasteiger partial charge in [-0.1, -0.05) is 0 Å². The predicted octanol–water partition coefficient (Wildman–Crippen LogP) is 4.30. The minimum Gasteiger partial charge on any atom is -0.504 e. The molecule has 13 heteroatoms. The minimum atomic E-state index is -4.87. The van der Waals surface area contributed by atoms with E-state index in [4.69, 9.17) is 9.47 Å². The van der Waals surface area contributed by atoms with Crippen LogP contribution in [0.25, 0.3) is 22.2 Å². The number of esters is 1. The lowest BCUT2D eigenvalue weighted by Gasteiger charge is -2.16. The fraction of sp³-hybridized carbons (Fsp3) is 0.192. The van der Waals surface area contributed by atoms with Crippen LogP contribution in [0.15, 0.2) is 53.3 Å². The molecule has 0 bridgehead atoms. The Labute approximate surface area is 217 Å². The maximum absolute atomic E-state index is 14.0. The number of ether oxygens (including phenoxy) is 2. The van der Waals surface area contributed by atoms with Gasteiger partial charge >= 0.3 is 17.8 Å². The maximum Gasteiger partial charge on any atom is 0.416 e. The molecule has 4 aromatic rings. The molecule has 0 radical (unpaired) electrons. The Morgan fingerprint density at radius 2 is 1.69 bits per heavy atom. The van der Waals surface area contributed by atoms with Gasteiger partial charge in [-0.2, -0.15) is 13.2 Å². The molecule has 4 rings (SSSR count). The number of anilines is 1. The lowest BCUT2D eigenvalue weighted by molar-refractivity contribution is -0.137. The SMILES string of the molecule is COC(=O)c1cc(O)c(OC)cc1-c1cc(C(F)(F)F)cc2c1n(C)c(=O)n2CC(=O)Nc1ccc(F)cc1.